The average Bonchev–Trinajstić information content (AvgIpc) is 1.80. The van der Waals surface area contributed by atoms with E-state index in [1.54, 1.807) is 0 Å². The fraction of sp³-hybridized carbons (Fsp3) is 0.139. The third-order valence-electron chi connectivity index (χ3n) is 18.7. The summed E-state index contributed by atoms with van der Waals surface area (Å²) in [5, 5.41) is 6.45. The summed E-state index contributed by atoms with van der Waals surface area (Å²) in [7, 11) is 0. The summed E-state index contributed by atoms with van der Waals surface area (Å²) in [6, 6.07) is 80.7. The molecule has 3 aliphatic rings. The Morgan fingerprint density at radius 3 is 1.37 bits per heavy atom. The molecule has 5 heteroatoms. The maximum absolute atomic E-state index is 7.62. The van der Waals surface area contributed by atoms with Crippen LogP contribution in [0.4, 0.5) is 34.1 Å². The minimum atomic E-state index is -0.810. The van der Waals surface area contributed by atoms with Crippen molar-refractivity contribution in [3.8, 4) is 22.3 Å². The molecule has 11 aromatic carbocycles. The molecule has 5 nitrogen and oxygen atoms in total. The first-order chi connectivity index (χ1) is 40.9. The van der Waals surface area contributed by atoms with Crippen molar-refractivity contribution in [2.45, 2.75) is 70.6 Å². The molecule has 3 aliphatic carbocycles. The van der Waals surface area contributed by atoms with Crippen molar-refractivity contribution >= 4 is 106 Å². The highest BCUT2D eigenvalue weighted by molar-refractivity contribution is 6.22. The number of nitrogens with zero attached hydrogens (tertiary/aromatic N) is 2. The molecule has 0 radical (unpaired) electrons. The lowest BCUT2D eigenvalue weighted by atomic mass is 9.69. The molecule has 0 amide bonds. The van der Waals surface area contributed by atoms with Crippen molar-refractivity contribution in [3.05, 3.63) is 269 Å². The third-order valence-corrected chi connectivity index (χ3v) is 18.7. The molecule has 14 aromatic rings. The molecule has 0 saturated carbocycles. The van der Waals surface area contributed by atoms with Gasteiger partial charge in [-0.25, -0.2) is 0 Å². The number of fused-ring (bicyclic) bond motifs is 22. The topological polar surface area (TPSA) is 45.9 Å². The highest BCUT2D eigenvalue weighted by Gasteiger charge is 2.54. The van der Waals surface area contributed by atoms with Crippen LogP contribution in [-0.2, 0) is 22.7 Å². The number of benzene rings is 11. The Labute approximate surface area is 488 Å². The summed E-state index contributed by atoms with van der Waals surface area (Å²) in [4.78, 5) is 4.97. The van der Waals surface area contributed by atoms with Gasteiger partial charge in [-0.2, -0.15) is 0 Å². The van der Waals surface area contributed by atoms with E-state index in [0.717, 1.165) is 118 Å². The Balaban J connectivity index is 1.03. The van der Waals surface area contributed by atoms with E-state index in [-0.39, 0.29) is 10.8 Å². The second kappa shape index (κ2) is 17.6. The molecule has 0 N–H and O–H groups in total. The SMILES string of the molecule is CC(C)(C)c1ccc(N(c2cc3c(c4c2CCC=C4)-c2c(cc(N(c4ccc(C(C)(C)C)cc4)c4cccc5c4oc4ccccc45)c4c2oc2ccccc24)C32c3ccccc3-c3ccccc32)c2cccc3c2oc2ccccc23)cc1. The number of hydrogen-bond acceptors (Lipinski definition) is 5. The minimum Gasteiger partial charge on any atom is -0.455 e. The highest BCUT2D eigenvalue weighted by atomic mass is 16.3. The first-order valence-electron chi connectivity index (χ1n) is 29.6. The van der Waals surface area contributed by atoms with Crippen molar-refractivity contribution in [1.82, 2.24) is 0 Å². The predicted octanol–water partition coefficient (Wildman–Crippen LogP) is 22.2. The molecule has 3 heterocycles. The van der Waals surface area contributed by atoms with Crippen LogP contribution in [0.15, 0.2) is 238 Å². The molecule has 17 rings (SSSR count). The van der Waals surface area contributed by atoms with E-state index in [0.29, 0.717) is 0 Å². The monoisotopic (exact) mass is 1080 g/mol. The largest absolute Gasteiger partial charge is 0.455 e. The third kappa shape index (κ3) is 6.78. The second-order valence-corrected chi connectivity index (χ2v) is 25.4. The molecular weight excluding hydrogens is 1020 g/mol. The average molecular weight is 1090 g/mol. The van der Waals surface area contributed by atoms with Crippen LogP contribution in [0.3, 0.4) is 0 Å². The zero-order valence-corrected chi connectivity index (χ0v) is 48.0. The zero-order valence-electron chi connectivity index (χ0n) is 48.0. The Hall–Kier alpha value is -9.84. The standard InChI is InChI=1S/C79H60N2O3/c1-77(2,3)47-37-41-49(42-38-47)80(64-32-19-28-57-54-24-11-16-34-68(54)82-74(57)64)66-45-62-71(56-26-8-7-23-53(56)66)73-63(79(62)60-30-14-9-21-51(60)52-22-10-15-31-61(52)79)46-67(72-59-27-13-18-36-70(59)84-76(72)73)81(50-43-39-48(40-44-50)78(4,5)6)65-33-20-29-58-55-25-12-17-35-69(55)83-75(58)65/h8-22,24-46H,7,23H2,1-6H3. The first-order valence-corrected chi connectivity index (χ1v) is 29.6. The molecule has 0 bridgehead atoms. The van der Waals surface area contributed by atoms with Gasteiger partial charge in [0.05, 0.1) is 33.6 Å². The van der Waals surface area contributed by atoms with E-state index in [4.69, 9.17) is 13.3 Å². The number of para-hydroxylation sites is 5. The molecule has 0 atom stereocenters. The van der Waals surface area contributed by atoms with Gasteiger partial charge in [-0.05, 0) is 152 Å². The summed E-state index contributed by atoms with van der Waals surface area (Å²) >= 11 is 0. The van der Waals surface area contributed by atoms with Crippen LogP contribution in [0.5, 0.6) is 0 Å². The molecule has 0 aliphatic heterocycles. The van der Waals surface area contributed by atoms with Crippen molar-refractivity contribution in [3.63, 3.8) is 0 Å². The molecule has 0 saturated heterocycles. The Bertz CT molecular complexity index is 5060. The van der Waals surface area contributed by atoms with Crippen molar-refractivity contribution in [1.29, 1.82) is 0 Å². The van der Waals surface area contributed by atoms with Crippen LogP contribution < -0.4 is 9.80 Å². The minimum absolute atomic E-state index is 0.0358. The van der Waals surface area contributed by atoms with Crippen LogP contribution in [0.2, 0.25) is 0 Å². The number of anilines is 6. The quantitative estimate of drug-likeness (QED) is 0.166. The second-order valence-electron chi connectivity index (χ2n) is 25.4. The van der Waals surface area contributed by atoms with Crippen molar-refractivity contribution in [2.75, 3.05) is 9.80 Å². The van der Waals surface area contributed by atoms with E-state index in [2.05, 4.69) is 282 Å². The Kier molecular flexibility index (Phi) is 10.2. The van der Waals surface area contributed by atoms with E-state index in [9.17, 15) is 0 Å². The fourth-order valence-electron chi connectivity index (χ4n) is 14.8. The lowest BCUT2D eigenvalue weighted by molar-refractivity contribution is 0.590. The van der Waals surface area contributed by atoms with Crippen LogP contribution >= 0.6 is 0 Å². The molecular formula is C79H60N2O3. The normalized spacial score (nSPS) is 14.0. The number of furan rings is 3. The van der Waals surface area contributed by atoms with Gasteiger partial charge in [0, 0.05) is 43.9 Å². The van der Waals surface area contributed by atoms with Crippen molar-refractivity contribution in [2.24, 2.45) is 0 Å². The Morgan fingerprint density at radius 1 is 0.381 bits per heavy atom. The van der Waals surface area contributed by atoms with E-state index < -0.39 is 5.41 Å². The summed E-state index contributed by atoms with van der Waals surface area (Å²) in [6.07, 6.45) is 6.56. The number of rotatable bonds is 6. The highest BCUT2D eigenvalue weighted by Crippen LogP contribution is 2.68. The Morgan fingerprint density at radius 2 is 0.821 bits per heavy atom. The molecule has 1 spiro atoms. The molecule has 404 valence electrons. The smallest absolute Gasteiger partial charge is 0.159 e. The summed E-state index contributed by atoms with van der Waals surface area (Å²) in [5.74, 6) is 0. The molecule has 0 fully saturated rings. The zero-order chi connectivity index (χ0) is 56.4. The van der Waals surface area contributed by atoms with E-state index >= 15 is 0 Å². The van der Waals surface area contributed by atoms with E-state index in [1.807, 2.05) is 0 Å². The maximum atomic E-state index is 7.62. The van der Waals surface area contributed by atoms with E-state index in [1.165, 1.54) is 61.2 Å². The fourth-order valence-corrected chi connectivity index (χ4v) is 14.8. The number of allylic oxidation sites excluding steroid dienone is 1. The van der Waals surface area contributed by atoms with Gasteiger partial charge in [0.1, 0.15) is 22.3 Å². The first kappa shape index (κ1) is 48.8. The summed E-state index contributed by atoms with van der Waals surface area (Å²) in [6.45, 7) is 13.7. The lowest BCUT2D eigenvalue weighted by Gasteiger charge is -2.35. The lowest BCUT2D eigenvalue weighted by Crippen LogP contribution is -2.27. The number of hydrogen-bond donors (Lipinski definition) is 0. The van der Waals surface area contributed by atoms with Crippen molar-refractivity contribution < 1.29 is 13.3 Å². The summed E-state index contributed by atoms with van der Waals surface area (Å²) < 4.78 is 21.7. The molecule has 0 unspecified atom stereocenters. The molecule has 84 heavy (non-hydrogen) atoms. The molecule has 3 aromatic heterocycles. The predicted molar refractivity (Wildman–Crippen MR) is 349 cm³/mol. The van der Waals surface area contributed by atoms with Gasteiger partial charge in [0.25, 0.3) is 0 Å². The summed E-state index contributed by atoms with van der Waals surface area (Å²) in [5.41, 5.74) is 25.2. The van der Waals surface area contributed by atoms with Gasteiger partial charge in [0.15, 0.2) is 11.2 Å². The van der Waals surface area contributed by atoms with Crippen LogP contribution in [0.1, 0.15) is 92.5 Å². The van der Waals surface area contributed by atoms with Crippen LogP contribution in [0.25, 0.3) is 94.1 Å². The van der Waals surface area contributed by atoms with Crippen LogP contribution in [0, 0.1) is 0 Å². The van der Waals surface area contributed by atoms with Gasteiger partial charge in [-0.15, -0.1) is 0 Å². The van der Waals surface area contributed by atoms with Gasteiger partial charge in [-0.1, -0.05) is 205 Å². The van der Waals surface area contributed by atoms with Gasteiger partial charge < -0.3 is 23.1 Å². The van der Waals surface area contributed by atoms with Crippen LogP contribution in [-0.4, -0.2) is 0 Å². The van der Waals surface area contributed by atoms with Gasteiger partial charge in [0.2, 0.25) is 0 Å². The maximum Gasteiger partial charge on any atom is 0.159 e. The van der Waals surface area contributed by atoms with Gasteiger partial charge in [-0.3, -0.25) is 0 Å². The van der Waals surface area contributed by atoms with Gasteiger partial charge >= 0.3 is 0 Å².